The number of halogens is 2. The van der Waals surface area contributed by atoms with E-state index in [0.717, 1.165) is 18.2 Å². The molecule has 3 rings (SSSR count). The quantitative estimate of drug-likeness (QED) is 0.625. The van der Waals surface area contributed by atoms with Gasteiger partial charge in [0.25, 0.3) is 0 Å². The van der Waals surface area contributed by atoms with E-state index in [2.05, 4.69) is 0 Å². The van der Waals surface area contributed by atoms with Crippen LogP contribution in [-0.2, 0) is 10.1 Å². The van der Waals surface area contributed by atoms with E-state index >= 15 is 0 Å². The Labute approximate surface area is 135 Å². The van der Waals surface area contributed by atoms with Crippen molar-refractivity contribution in [2.24, 2.45) is 0 Å². The van der Waals surface area contributed by atoms with Crippen molar-refractivity contribution in [3.8, 4) is 0 Å². The largest absolute Gasteiger partial charge is 0.744 e. The van der Waals surface area contributed by atoms with Gasteiger partial charge in [0.2, 0.25) is 0 Å². The highest BCUT2D eigenvalue weighted by molar-refractivity contribution is 7.85. The first-order valence-electron chi connectivity index (χ1n) is 5.88. The summed E-state index contributed by atoms with van der Waals surface area (Å²) in [4.78, 5) is 24.3. The maximum absolute atomic E-state index is 12.4. The number of hydrogen-bond acceptors (Lipinski definition) is 5. The average Bonchev–Trinajstić information content (AvgIpc) is 2.45. The number of benzene rings is 2. The van der Waals surface area contributed by atoms with E-state index in [4.69, 9.17) is 23.2 Å². The smallest absolute Gasteiger partial charge is 0.194 e. The number of hydrogen-bond donors (Lipinski definition) is 0. The summed E-state index contributed by atoms with van der Waals surface area (Å²) >= 11 is 11.7. The van der Waals surface area contributed by atoms with Crippen molar-refractivity contribution in [1.29, 1.82) is 0 Å². The van der Waals surface area contributed by atoms with Gasteiger partial charge in [-0.05, 0) is 30.3 Å². The standard InChI is InChI=1S/C14H6Cl2O5S/c15-11-4-9-10(5-12(11)16)14(18)8-3-6(22(19,20)21)1-2-7(8)13(9)17/h1-5H,(H,19,20,21)/p-1. The van der Waals surface area contributed by atoms with Crippen molar-refractivity contribution < 1.29 is 22.6 Å². The minimum Gasteiger partial charge on any atom is -0.744 e. The highest BCUT2D eigenvalue weighted by atomic mass is 35.5. The summed E-state index contributed by atoms with van der Waals surface area (Å²) in [6.07, 6.45) is 0. The molecule has 0 radical (unpaired) electrons. The number of carbonyl (C=O) groups excluding carboxylic acids is 2. The predicted molar refractivity (Wildman–Crippen MR) is 77.7 cm³/mol. The van der Waals surface area contributed by atoms with Gasteiger partial charge >= 0.3 is 0 Å². The van der Waals surface area contributed by atoms with Crippen LogP contribution in [0, 0.1) is 0 Å². The topological polar surface area (TPSA) is 91.3 Å². The number of ketones is 2. The summed E-state index contributed by atoms with van der Waals surface area (Å²) in [5.41, 5.74) is -0.0203. The van der Waals surface area contributed by atoms with Crippen LogP contribution < -0.4 is 0 Å². The van der Waals surface area contributed by atoms with Gasteiger partial charge in [0.05, 0.1) is 14.9 Å². The van der Waals surface area contributed by atoms with Crippen molar-refractivity contribution in [1.82, 2.24) is 0 Å². The van der Waals surface area contributed by atoms with Gasteiger partial charge in [0, 0.05) is 22.3 Å². The Bertz CT molecular complexity index is 963. The fraction of sp³-hybridized carbons (Fsp3) is 0. The van der Waals surface area contributed by atoms with E-state index in [9.17, 15) is 22.6 Å². The summed E-state index contributed by atoms with van der Waals surface area (Å²) in [6, 6.07) is 5.59. The molecule has 0 unspecified atom stereocenters. The van der Waals surface area contributed by atoms with E-state index in [-0.39, 0.29) is 32.3 Å². The van der Waals surface area contributed by atoms with Gasteiger partial charge in [-0.3, -0.25) is 9.59 Å². The number of carbonyl (C=O) groups is 2. The Balaban J connectivity index is 2.29. The SMILES string of the molecule is O=C1c2ccc(S(=O)(=O)[O-])cc2C(=O)c2cc(Cl)c(Cl)cc21. The van der Waals surface area contributed by atoms with Crippen LogP contribution in [0.25, 0.3) is 0 Å². The van der Waals surface area contributed by atoms with E-state index in [1.54, 1.807) is 0 Å². The fourth-order valence-corrected chi connectivity index (χ4v) is 3.10. The Morgan fingerprint density at radius 3 is 1.73 bits per heavy atom. The number of rotatable bonds is 1. The first kappa shape index (κ1) is 15.2. The molecule has 0 aromatic heterocycles. The lowest BCUT2D eigenvalue weighted by Gasteiger charge is -2.19. The fourth-order valence-electron chi connectivity index (χ4n) is 2.28. The second-order valence-corrected chi connectivity index (χ2v) is 6.83. The predicted octanol–water partition coefficient (Wildman–Crippen LogP) is 2.67. The molecule has 0 N–H and O–H groups in total. The normalized spacial score (nSPS) is 13.8. The second kappa shape index (κ2) is 4.89. The third-order valence-corrected chi connectivity index (χ3v) is 4.87. The van der Waals surface area contributed by atoms with Crippen molar-refractivity contribution in [2.45, 2.75) is 4.90 Å². The molecule has 0 saturated carbocycles. The minimum atomic E-state index is -4.73. The van der Waals surface area contributed by atoms with Crippen LogP contribution >= 0.6 is 23.2 Å². The molecule has 0 saturated heterocycles. The Kier molecular flexibility index (Phi) is 3.37. The lowest BCUT2D eigenvalue weighted by Crippen LogP contribution is -2.21. The van der Waals surface area contributed by atoms with Crippen LogP contribution in [0.3, 0.4) is 0 Å². The maximum Gasteiger partial charge on any atom is 0.194 e. The van der Waals surface area contributed by atoms with Crippen LogP contribution in [0.15, 0.2) is 35.2 Å². The van der Waals surface area contributed by atoms with Crippen LogP contribution in [0.4, 0.5) is 0 Å². The molecular formula is C14H5Cl2O5S-. The molecule has 2 aromatic carbocycles. The van der Waals surface area contributed by atoms with Gasteiger partial charge in [-0.2, -0.15) is 0 Å². The summed E-state index contributed by atoms with van der Waals surface area (Å²) in [6.45, 7) is 0. The molecule has 0 heterocycles. The zero-order chi connectivity index (χ0) is 16.2. The Hall–Kier alpha value is -1.73. The van der Waals surface area contributed by atoms with Gasteiger partial charge in [-0.25, -0.2) is 8.42 Å². The van der Waals surface area contributed by atoms with Crippen molar-refractivity contribution in [2.75, 3.05) is 0 Å². The zero-order valence-electron chi connectivity index (χ0n) is 10.6. The van der Waals surface area contributed by atoms with E-state index in [0.29, 0.717) is 0 Å². The third-order valence-electron chi connectivity index (χ3n) is 3.32. The summed E-state index contributed by atoms with van der Waals surface area (Å²) in [7, 11) is -4.73. The maximum atomic E-state index is 12.4. The lowest BCUT2D eigenvalue weighted by atomic mass is 9.84. The molecule has 1 aliphatic carbocycles. The molecule has 0 aliphatic heterocycles. The van der Waals surface area contributed by atoms with Crippen LogP contribution in [0.2, 0.25) is 10.0 Å². The summed E-state index contributed by atoms with van der Waals surface area (Å²) in [5.74, 6) is -1.08. The third kappa shape index (κ3) is 2.24. The Morgan fingerprint density at radius 1 is 0.773 bits per heavy atom. The van der Waals surface area contributed by atoms with Crippen molar-refractivity contribution in [3.63, 3.8) is 0 Å². The molecule has 0 atom stereocenters. The second-order valence-electron chi connectivity index (χ2n) is 4.63. The summed E-state index contributed by atoms with van der Waals surface area (Å²) < 4.78 is 33.2. The van der Waals surface area contributed by atoms with Crippen LogP contribution in [0.1, 0.15) is 31.8 Å². The molecular weight excluding hydrogens is 351 g/mol. The monoisotopic (exact) mass is 355 g/mol. The van der Waals surface area contributed by atoms with Gasteiger partial charge < -0.3 is 4.55 Å². The molecule has 5 nitrogen and oxygen atoms in total. The van der Waals surface area contributed by atoms with E-state index in [1.165, 1.54) is 12.1 Å². The van der Waals surface area contributed by atoms with Crippen molar-refractivity contribution in [3.05, 3.63) is 62.6 Å². The molecule has 0 amide bonds. The number of fused-ring (bicyclic) bond motifs is 2. The molecule has 0 spiro atoms. The van der Waals surface area contributed by atoms with Gasteiger partial charge in [0.1, 0.15) is 10.1 Å². The Morgan fingerprint density at radius 2 is 1.23 bits per heavy atom. The van der Waals surface area contributed by atoms with Gasteiger partial charge in [0.15, 0.2) is 11.6 Å². The zero-order valence-corrected chi connectivity index (χ0v) is 12.9. The van der Waals surface area contributed by atoms with E-state index in [1.807, 2.05) is 0 Å². The van der Waals surface area contributed by atoms with Gasteiger partial charge in [-0.1, -0.05) is 23.2 Å². The van der Waals surface area contributed by atoms with Gasteiger partial charge in [-0.15, -0.1) is 0 Å². The van der Waals surface area contributed by atoms with Crippen LogP contribution in [0.5, 0.6) is 0 Å². The van der Waals surface area contributed by atoms with Crippen molar-refractivity contribution >= 4 is 44.9 Å². The molecule has 2 aromatic rings. The molecule has 8 heteroatoms. The molecule has 22 heavy (non-hydrogen) atoms. The first-order chi connectivity index (χ1) is 10.2. The lowest BCUT2D eigenvalue weighted by molar-refractivity contribution is 0.0979. The molecule has 0 bridgehead atoms. The molecule has 0 fully saturated rings. The van der Waals surface area contributed by atoms with E-state index < -0.39 is 26.6 Å². The minimum absolute atomic E-state index is 0.0169. The summed E-state index contributed by atoms with van der Waals surface area (Å²) in [5, 5.41) is 0.224. The highest BCUT2D eigenvalue weighted by Crippen LogP contribution is 2.34. The highest BCUT2D eigenvalue weighted by Gasteiger charge is 2.31. The average molecular weight is 356 g/mol. The first-order valence-corrected chi connectivity index (χ1v) is 8.05. The molecule has 112 valence electrons. The van der Waals surface area contributed by atoms with Crippen LogP contribution in [-0.4, -0.2) is 24.5 Å². The molecule has 1 aliphatic rings.